The van der Waals surface area contributed by atoms with Crippen LogP contribution in [0.5, 0.6) is 0 Å². The Balaban J connectivity index is 2.01. The van der Waals surface area contributed by atoms with Crippen LogP contribution >= 0.6 is 0 Å². The van der Waals surface area contributed by atoms with E-state index in [4.69, 9.17) is 0 Å². The van der Waals surface area contributed by atoms with Gasteiger partial charge in [-0.05, 0) is 42.3 Å². The van der Waals surface area contributed by atoms with Gasteiger partial charge in [0.2, 0.25) is 0 Å². The van der Waals surface area contributed by atoms with Crippen LogP contribution in [-0.2, 0) is 11.3 Å². The van der Waals surface area contributed by atoms with Crippen molar-refractivity contribution in [2.75, 3.05) is 6.54 Å². The highest BCUT2D eigenvalue weighted by atomic mass is 16.4. The largest absolute Gasteiger partial charge is 0.480 e. The number of rotatable bonds is 6. The number of carbonyl (C=O) groups excluding carboxylic acids is 1. The first-order valence-electron chi connectivity index (χ1n) is 8.45. The van der Waals surface area contributed by atoms with E-state index in [0.29, 0.717) is 12.1 Å². The van der Waals surface area contributed by atoms with Crippen molar-refractivity contribution in [3.05, 3.63) is 72.3 Å². The number of carboxylic acids is 1. The molecule has 1 heterocycles. The lowest BCUT2D eigenvalue weighted by Gasteiger charge is -2.12. The van der Waals surface area contributed by atoms with Crippen LogP contribution in [0.15, 0.2) is 66.7 Å². The topological polar surface area (TPSA) is 71.3 Å². The second-order valence-corrected chi connectivity index (χ2v) is 5.89. The Labute approximate surface area is 151 Å². The fourth-order valence-electron chi connectivity index (χ4n) is 2.94. The maximum atomic E-state index is 11.9. The minimum absolute atomic E-state index is 0.120. The zero-order chi connectivity index (χ0) is 18.5. The smallest absolute Gasteiger partial charge is 0.323 e. The number of benzene rings is 2. The van der Waals surface area contributed by atoms with E-state index in [0.717, 1.165) is 22.5 Å². The predicted molar refractivity (Wildman–Crippen MR) is 101 cm³/mol. The quantitative estimate of drug-likeness (QED) is 0.714. The average molecular weight is 348 g/mol. The highest BCUT2D eigenvalue weighted by Gasteiger charge is 2.14. The second kappa shape index (κ2) is 7.70. The molecule has 5 nitrogen and oxygen atoms in total. The third kappa shape index (κ3) is 3.67. The summed E-state index contributed by atoms with van der Waals surface area (Å²) in [6, 6.07) is 20.7. The highest BCUT2D eigenvalue weighted by molar-refractivity contribution is 5.94. The molecule has 2 aromatic carbocycles. The number of amides is 1. The monoisotopic (exact) mass is 348 g/mol. The van der Waals surface area contributed by atoms with E-state index in [2.05, 4.69) is 5.32 Å². The van der Waals surface area contributed by atoms with Gasteiger partial charge in [-0.25, -0.2) is 0 Å². The number of aliphatic carboxylic acids is 1. The molecule has 3 rings (SSSR count). The lowest BCUT2D eigenvalue weighted by atomic mass is 10.1. The van der Waals surface area contributed by atoms with Crippen molar-refractivity contribution in [1.82, 2.24) is 9.88 Å². The summed E-state index contributed by atoms with van der Waals surface area (Å²) in [6.45, 7) is 2.31. The molecule has 132 valence electrons. The van der Waals surface area contributed by atoms with E-state index in [-0.39, 0.29) is 12.5 Å². The van der Waals surface area contributed by atoms with Crippen molar-refractivity contribution in [2.45, 2.75) is 13.5 Å². The number of carboxylic acid groups (broad SMARTS) is 1. The Morgan fingerprint density at radius 1 is 0.885 bits per heavy atom. The lowest BCUT2D eigenvalue weighted by Crippen LogP contribution is -2.22. The number of carbonyl (C=O) groups is 2. The SMILES string of the molecule is CCNC(=O)c1ccc(-c2ccc(-c3ccccc3)n2CC(=O)O)cc1. The number of hydrogen-bond donors (Lipinski definition) is 2. The van der Waals surface area contributed by atoms with Gasteiger partial charge in [-0.15, -0.1) is 0 Å². The Kier molecular flexibility index (Phi) is 5.17. The molecule has 0 aliphatic rings. The zero-order valence-electron chi connectivity index (χ0n) is 14.5. The van der Waals surface area contributed by atoms with Crippen molar-refractivity contribution >= 4 is 11.9 Å². The number of hydrogen-bond acceptors (Lipinski definition) is 2. The summed E-state index contributed by atoms with van der Waals surface area (Å²) in [5.41, 5.74) is 4.04. The van der Waals surface area contributed by atoms with Gasteiger partial charge in [0.15, 0.2) is 0 Å². The molecule has 0 unspecified atom stereocenters. The normalized spacial score (nSPS) is 10.5. The van der Waals surface area contributed by atoms with Crippen LogP contribution in [0, 0.1) is 0 Å². The van der Waals surface area contributed by atoms with Crippen molar-refractivity contribution in [3.63, 3.8) is 0 Å². The summed E-state index contributed by atoms with van der Waals surface area (Å²) in [6.07, 6.45) is 0. The molecule has 0 aliphatic heterocycles. The molecule has 5 heteroatoms. The molecule has 0 bridgehead atoms. The molecular formula is C21H20N2O3. The van der Waals surface area contributed by atoms with E-state index in [1.807, 2.05) is 61.5 Å². The number of nitrogens with one attached hydrogen (secondary N) is 1. The lowest BCUT2D eigenvalue weighted by molar-refractivity contribution is -0.137. The van der Waals surface area contributed by atoms with Crippen LogP contribution in [-0.4, -0.2) is 28.1 Å². The van der Waals surface area contributed by atoms with Gasteiger partial charge in [-0.1, -0.05) is 42.5 Å². The van der Waals surface area contributed by atoms with Gasteiger partial charge < -0.3 is 15.0 Å². The van der Waals surface area contributed by atoms with E-state index in [1.165, 1.54) is 0 Å². The fraction of sp³-hybridized carbons (Fsp3) is 0.143. The molecule has 0 saturated heterocycles. The first-order valence-corrected chi connectivity index (χ1v) is 8.45. The molecule has 0 atom stereocenters. The van der Waals surface area contributed by atoms with Crippen LogP contribution in [0.3, 0.4) is 0 Å². The Morgan fingerprint density at radius 3 is 2.00 bits per heavy atom. The summed E-state index contributed by atoms with van der Waals surface area (Å²) in [7, 11) is 0. The fourth-order valence-corrected chi connectivity index (χ4v) is 2.94. The molecule has 2 N–H and O–H groups in total. The molecular weight excluding hydrogens is 328 g/mol. The van der Waals surface area contributed by atoms with Crippen LogP contribution in [0.4, 0.5) is 0 Å². The van der Waals surface area contributed by atoms with Gasteiger partial charge in [0, 0.05) is 23.5 Å². The average Bonchev–Trinajstić information content (AvgIpc) is 3.05. The molecule has 0 aliphatic carbocycles. The third-order valence-electron chi connectivity index (χ3n) is 4.12. The van der Waals surface area contributed by atoms with E-state index >= 15 is 0 Å². The van der Waals surface area contributed by atoms with Crippen molar-refractivity contribution < 1.29 is 14.7 Å². The van der Waals surface area contributed by atoms with Crippen LogP contribution in [0.2, 0.25) is 0 Å². The molecule has 0 radical (unpaired) electrons. The summed E-state index contributed by atoms with van der Waals surface area (Å²) in [5, 5.41) is 12.1. The van der Waals surface area contributed by atoms with Crippen molar-refractivity contribution in [3.8, 4) is 22.5 Å². The van der Waals surface area contributed by atoms with Crippen molar-refractivity contribution in [2.24, 2.45) is 0 Å². The maximum absolute atomic E-state index is 11.9. The third-order valence-corrected chi connectivity index (χ3v) is 4.12. The standard InChI is InChI=1S/C21H20N2O3/c1-2-22-21(26)17-10-8-16(9-11-17)19-13-12-18(23(19)14-20(24)25)15-6-4-3-5-7-15/h3-13H,2,14H2,1H3,(H,22,26)(H,24,25). The summed E-state index contributed by atoms with van der Waals surface area (Å²) in [5.74, 6) is -1.02. The van der Waals surface area contributed by atoms with Gasteiger partial charge in [-0.3, -0.25) is 9.59 Å². The van der Waals surface area contributed by atoms with E-state index in [1.54, 1.807) is 16.7 Å². The Hall–Kier alpha value is -3.34. The van der Waals surface area contributed by atoms with E-state index in [9.17, 15) is 14.7 Å². The molecule has 1 aromatic heterocycles. The molecule has 0 spiro atoms. The number of aromatic nitrogens is 1. The first kappa shape index (κ1) is 17.5. The molecule has 26 heavy (non-hydrogen) atoms. The number of nitrogens with zero attached hydrogens (tertiary/aromatic N) is 1. The zero-order valence-corrected chi connectivity index (χ0v) is 14.5. The predicted octanol–water partition coefficient (Wildman–Crippen LogP) is 3.66. The Morgan fingerprint density at radius 2 is 1.46 bits per heavy atom. The Bertz CT molecular complexity index is 912. The molecule has 1 amide bonds. The van der Waals surface area contributed by atoms with E-state index < -0.39 is 5.97 Å². The van der Waals surface area contributed by atoms with Gasteiger partial charge in [0.1, 0.15) is 6.54 Å². The second-order valence-electron chi connectivity index (χ2n) is 5.89. The molecule has 0 fully saturated rings. The van der Waals surface area contributed by atoms with Gasteiger partial charge in [0.25, 0.3) is 5.91 Å². The van der Waals surface area contributed by atoms with Gasteiger partial charge >= 0.3 is 5.97 Å². The van der Waals surface area contributed by atoms with Crippen LogP contribution in [0.25, 0.3) is 22.5 Å². The minimum Gasteiger partial charge on any atom is -0.480 e. The van der Waals surface area contributed by atoms with Crippen LogP contribution in [0.1, 0.15) is 17.3 Å². The molecule has 3 aromatic rings. The molecule has 0 saturated carbocycles. The summed E-state index contributed by atoms with van der Waals surface area (Å²) < 4.78 is 1.78. The minimum atomic E-state index is -0.904. The summed E-state index contributed by atoms with van der Waals surface area (Å²) >= 11 is 0. The van der Waals surface area contributed by atoms with Gasteiger partial charge in [0.05, 0.1) is 0 Å². The van der Waals surface area contributed by atoms with Gasteiger partial charge in [-0.2, -0.15) is 0 Å². The summed E-state index contributed by atoms with van der Waals surface area (Å²) in [4.78, 5) is 23.3. The van der Waals surface area contributed by atoms with Crippen molar-refractivity contribution in [1.29, 1.82) is 0 Å². The van der Waals surface area contributed by atoms with Crippen LogP contribution < -0.4 is 5.32 Å². The highest BCUT2D eigenvalue weighted by Crippen LogP contribution is 2.29. The maximum Gasteiger partial charge on any atom is 0.323 e. The first-order chi connectivity index (χ1) is 12.6.